The van der Waals surface area contributed by atoms with Gasteiger partial charge in [0.2, 0.25) is 5.95 Å². The Morgan fingerprint density at radius 1 is 1.25 bits per heavy atom. The Bertz CT molecular complexity index is 1160. The Labute approximate surface area is 161 Å². The van der Waals surface area contributed by atoms with E-state index in [1.54, 1.807) is 23.2 Å². The lowest BCUT2D eigenvalue weighted by Gasteiger charge is -2.31. The van der Waals surface area contributed by atoms with Gasteiger partial charge in [0.1, 0.15) is 11.5 Å². The number of aryl methyl sites for hydroxylation is 1. The summed E-state index contributed by atoms with van der Waals surface area (Å²) in [6.45, 7) is 3.02. The second kappa shape index (κ2) is 6.44. The maximum atomic E-state index is 14.8. The number of fused-ring (bicyclic) bond motifs is 2. The zero-order chi connectivity index (χ0) is 19.3. The summed E-state index contributed by atoms with van der Waals surface area (Å²) < 4.78 is 16.1. The summed E-state index contributed by atoms with van der Waals surface area (Å²) in [7, 11) is 0. The number of pyridine rings is 1. The van der Waals surface area contributed by atoms with E-state index in [1.807, 2.05) is 31.2 Å². The highest BCUT2D eigenvalue weighted by Crippen LogP contribution is 2.28. The van der Waals surface area contributed by atoms with Crippen LogP contribution in [0.2, 0.25) is 0 Å². The van der Waals surface area contributed by atoms with E-state index in [0.717, 1.165) is 35.3 Å². The number of amides is 1. The third kappa shape index (κ3) is 2.74. The highest BCUT2D eigenvalue weighted by Gasteiger charge is 2.30. The lowest BCUT2D eigenvalue weighted by molar-refractivity contribution is 0.0694. The van der Waals surface area contributed by atoms with Gasteiger partial charge in [-0.3, -0.25) is 9.20 Å². The third-order valence-corrected chi connectivity index (χ3v) is 5.43. The number of hydrogen-bond donors (Lipinski definition) is 1. The molecule has 4 aromatic rings. The number of halogens is 1. The number of carbonyl (C=O) groups is 1. The van der Waals surface area contributed by atoms with E-state index in [0.29, 0.717) is 18.7 Å². The molecule has 3 aromatic heterocycles. The lowest BCUT2D eigenvalue weighted by atomic mass is 9.97. The molecule has 1 aromatic carbocycles. The molecule has 0 saturated carbocycles. The van der Waals surface area contributed by atoms with Gasteiger partial charge in [-0.25, -0.2) is 9.97 Å². The average molecular weight is 377 g/mol. The molecule has 1 N–H and O–H groups in total. The predicted molar refractivity (Wildman–Crippen MR) is 104 cm³/mol. The van der Waals surface area contributed by atoms with Gasteiger partial charge in [0.15, 0.2) is 5.69 Å². The second-order valence-corrected chi connectivity index (χ2v) is 7.41. The third-order valence-electron chi connectivity index (χ3n) is 5.43. The zero-order valence-electron chi connectivity index (χ0n) is 15.5. The van der Waals surface area contributed by atoms with Gasteiger partial charge < -0.3 is 9.88 Å². The van der Waals surface area contributed by atoms with Crippen molar-refractivity contribution in [1.82, 2.24) is 24.3 Å². The van der Waals surface area contributed by atoms with E-state index < -0.39 is 5.95 Å². The highest BCUT2D eigenvalue weighted by molar-refractivity contribution is 5.93. The molecule has 7 heteroatoms. The van der Waals surface area contributed by atoms with Gasteiger partial charge >= 0.3 is 0 Å². The van der Waals surface area contributed by atoms with Crippen molar-refractivity contribution in [1.29, 1.82) is 0 Å². The quantitative estimate of drug-likeness (QED) is 0.580. The van der Waals surface area contributed by atoms with Crippen LogP contribution in [0.4, 0.5) is 4.39 Å². The first kappa shape index (κ1) is 16.9. The largest absolute Gasteiger partial charge is 0.342 e. The highest BCUT2D eigenvalue weighted by atomic mass is 19.1. The monoisotopic (exact) mass is 377 g/mol. The van der Waals surface area contributed by atoms with Gasteiger partial charge in [0.25, 0.3) is 5.91 Å². The number of aromatic amines is 1. The van der Waals surface area contributed by atoms with Crippen LogP contribution in [-0.4, -0.2) is 43.2 Å². The maximum absolute atomic E-state index is 14.8. The summed E-state index contributed by atoms with van der Waals surface area (Å²) in [6.07, 6.45) is 3.40. The van der Waals surface area contributed by atoms with Crippen LogP contribution in [0.1, 0.15) is 40.6 Å². The number of piperidine rings is 1. The van der Waals surface area contributed by atoms with Crippen LogP contribution in [0, 0.1) is 12.9 Å². The number of nitrogens with one attached hydrogen (secondary N) is 1. The Kier molecular flexibility index (Phi) is 3.89. The van der Waals surface area contributed by atoms with Crippen molar-refractivity contribution in [2.45, 2.75) is 25.7 Å². The Morgan fingerprint density at radius 3 is 2.96 bits per heavy atom. The van der Waals surface area contributed by atoms with Crippen molar-refractivity contribution in [3.05, 3.63) is 65.6 Å². The fourth-order valence-electron chi connectivity index (χ4n) is 3.95. The fourth-order valence-corrected chi connectivity index (χ4v) is 3.95. The van der Waals surface area contributed by atoms with Gasteiger partial charge in [-0.1, -0.05) is 12.1 Å². The van der Waals surface area contributed by atoms with E-state index in [-0.39, 0.29) is 17.5 Å². The number of H-pyrrole nitrogens is 1. The fraction of sp³-hybridized carbons (Fsp3) is 0.286. The maximum Gasteiger partial charge on any atom is 0.277 e. The molecule has 6 nitrogen and oxygen atoms in total. The molecule has 0 spiro atoms. The number of likely N-dealkylation sites (tertiary alicyclic amines) is 1. The summed E-state index contributed by atoms with van der Waals surface area (Å²) in [5.74, 6) is 0.0164. The molecule has 0 radical (unpaired) electrons. The van der Waals surface area contributed by atoms with Gasteiger partial charge in [-0.2, -0.15) is 4.39 Å². The van der Waals surface area contributed by atoms with Crippen LogP contribution in [0.3, 0.4) is 0 Å². The SMILES string of the molecule is Cc1ccn2c(F)c(C(=O)N3CCC[C@@H](c4nc5ccccc5[nH]4)C3)nc2c1. The summed E-state index contributed by atoms with van der Waals surface area (Å²) in [4.78, 5) is 27.0. The van der Waals surface area contributed by atoms with Gasteiger partial charge in [-0.15, -0.1) is 0 Å². The van der Waals surface area contributed by atoms with Gasteiger partial charge in [-0.05, 0) is 49.6 Å². The van der Waals surface area contributed by atoms with Crippen LogP contribution >= 0.6 is 0 Å². The van der Waals surface area contributed by atoms with Crippen LogP contribution in [0.25, 0.3) is 16.7 Å². The number of hydrogen-bond acceptors (Lipinski definition) is 3. The van der Waals surface area contributed by atoms with E-state index in [9.17, 15) is 9.18 Å². The van der Waals surface area contributed by atoms with Crippen molar-refractivity contribution in [2.24, 2.45) is 0 Å². The molecule has 1 atom stereocenters. The first-order valence-electron chi connectivity index (χ1n) is 9.48. The van der Waals surface area contributed by atoms with E-state index in [4.69, 9.17) is 0 Å². The van der Waals surface area contributed by atoms with E-state index >= 15 is 0 Å². The van der Waals surface area contributed by atoms with Crippen LogP contribution in [-0.2, 0) is 0 Å². The molecule has 1 aliphatic rings. The van der Waals surface area contributed by atoms with E-state index in [2.05, 4.69) is 15.0 Å². The molecule has 0 aliphatic carbocycles. The van der Waals surface area contributed by atoms with Crippen LogP contribution < -0.4 is 0 Å². The Hall–Kier alpha value is -3.22. The number of nitrogens with zero attached hydrogens (tertiary/aromatic N) is 4. The molecule has 0 unspecified atom stereocenters. The summed E-state index contributed by atoms with van der Waals surface area (Å²) in [5, 5.41) is 0. The molecule has 1 fully saturated rings. The summed E-state index contributed by atoms with van der Waals surface area (Å²) in [6, 6.07) is 11.4. The Balaban J connectivity index is 1.43. The molecule has 1 saturated heterocycles. The molecular formula is C21H20FN5O. The number of para-hydroxylation sites is 2. The molecule has 4 heterocycles. The summed E-state index contributed by atoms with van der Waals surface area (Å²) >= 11 is 0. The molecule has 1 aliphatic heterocycles. The van der Waals surface area contributed by atoms with Crippen LogP contribution in [0.5, 0.6) is 0 Å². The number of imidazole rings is 2. The number of carbonyl (C=O) groups excluding carboxylic acids is 1. The normalized spacial score (nSPS) is 17.5. The molecule has 0 bridgehead atoms. The minimum atomic E-state index is -0.606. The number of rotatable bonds is 2. The minimum absolute atomic E-state index is 0.104. The van der Waals surface area contributed by atoms with Crippen molar-refractivity contribution < 1.29 is 9.18 Å². The number of benzene rings is 1. The lowest BCUT2D eigenvalue weighted by Crippen LogP contribution is -2.39. The number of aromatic nitrogens is 4. The van der Waals surface area contributed by atoms with Crippen molar-refractivity contribution >= 4 is 22.6 Å². The second-order valence-electron chi connectivity index (χ2n) is 7.41. The predicted octanol–water partition coefficient (Wildman–Crippen LogP) is 3.68. The molecule has 1 amide bonds. The molecule has 142 valence electrons. The van der Waals surface area contributed by atoms with Gasteiger partial charge in [0, 0.05) is 25.2 Å². The molecular weight excluding hydrogens is 357 g/mol. The Morgan fingerprint density at radius 2 is 2.11 bits per heavy atom. The van der Waals surface area contributed by atoms with Crippen molar-refractivity contribution in [3.8, 4) is 0 Å². The zero-order valence-corrected chi connectivity index (χ0v) is 15.5. The standard InChI is InChI=1S/C21H20FN5O/c1-13-8-10-27-17(11-13)25-18(19(27)22)21(28)26-9-4-5-14(12-26)20-23-15-6-2-3-7-16(15)24-20/h2-3,6-8,10-11,14H,4-5,9,12H2,1H3,(H,23,24)/t14-/m1/s1. The molecule has 28 heavy (non-hydrogen) atoms. The molecule has 5 rings (SSSR count). The summed E-state index contributed by atoms with van der Waals surface area (Å²) in [5.41, 5.74) is 3.22. The van der Waals surface area contributed by atoms with E-state index in [1.165, 1.54) is 4.40 Å². The minimum Gasteiger partial charge on any atom is -0.342 e. The van der Waals surface area contributed by atoms with Crippen LogP contribution in [0.15, 0.2) is 42.6 Å². The van der Waals surface area contributed by atoms with Gasteiger partial charge in [0.05, 0.1) is 11.0 Å². The average Bonchev–Trinajstić information content (AvgIpc) is 3.28. The smallest absolute Gasteiger partial charge is 0.277 e. The first-order chi connectivity index (χ1) is 13.6. The first-order valence-corrected chi connectivity index (χ1v) is 9.48. The topological polar surface area (TPSA) is 66.3 Å². The van der Waals surface area contributed by atoms with Crippen molar-refractivity contribution in [2.75, 3.05) is 13.1 Å². The van der Waals surface area contributed by atoms with Crippen molar-refractivity contribution in [3.63, 3.8) is 0 Å².